The molecule has 0 aliphatic carbocycles. The van der Waals surface area contributed by atoms with Crippen molar-refractivity contribution < 1.29 is 17.9 Å². The van der Waals surface area contributed by atoms with Crippen LogP contribution < -0.4 is 10.1 Å². The number of hydrogen-bond donors (Lipinski definition) is 1. The maximum atomic E-state index is 11.7. The van der Waals surface area contributed by atoms with Crippen molar-refractivity contribution in [2.24, 2.45) is 5.92 Å². The van der Waals surface area contributed by atoms with Crippen LogP contribution in [0, 0.1) is 12.8 Å². The molecule has 21 heavy (non-hydrogen) atoms. The molecule has 1 fully saturated rings. The van der Waals surface area contributed by atoms with Crippen molar-refractivity contribution in [3.05, 3.63) is 28.8 Å². The molecule has 7 heteroatoms. The van der Waals surface area contributed by atoms with Crippen molar-refractivity contribution in [1.29, 1.82) is 0 Å². The first-order valence-corrected chi connectivity index (χ1v) is 8.92. The second kappa shape index (κ2) is 6.66. The smallest absolute Gasteiger partial charge is 0.257 e. The van der Waals surface area contributed by atoms with Gasteiger partial charge >= 0.3 is 0 Å². The number of sulfone groups is 1. The zero-order chi connectivity index (χ0) is 15.5. The summed E-state index contributed by atoms with van der Waals surface area (Å²) in [5.41, 5.74) is 0.859. The van der Waals surface area contributed by atoms with E-state index in [1.807, 2.05) is 6.92 Å². The number of rotatable bonds is 5. The number of aryl methyl sites for hydroxylation is 1. The molecule has 1 unspecified atom stereocenters. The van der Waals surface area contributed by atoms with Gasteiger partial charge in [0, 0.05) is 11.6 Å². The van der Waals surface area contributed by atoms with Crippen molar-refractivity contribution in [2.45, 2.75) is 13.3 Å². The van der Waals surface area contributed by atoms with Crippen molar-refractivity contribution in [1.82, 2.24) is 5.32 Å². The van der Waals surface area contributed by atoms with Gasteiger partial charge < -0.3 is 10.1 Å². The molecule has 1 aliphatic heterocycles. The van der Waals surface area contributed by atoms with Crippen LogP contribution in [-0.4, -0.2) is 39.0 Å². The molecule has 1 aromatic rings. The molecule has 1 aromatic carbocycles. The Morgan fingerprint density at radius 3 is 2.86 bits per heavy atom. The monoisotopic (exact) mass is 331 g/mol. The summed E-state index contributed by atoms with van der Waals surface area (Å²) in [4.78, 5) is 11.7. The van der Waals surface area contributed by atoms with Gasteiger partial charge in [0.25, 0.3) is 5.91 Å². The summed E-state index contributed by atoms with van der Waals surface area (Å²) in [6.45, 7) is 2.13. The van der Waals surface area contributed by atoms with Crippen LogP contribution in [0.5, 0.6) is 5.75 Å². The summed E-state index contributed by atoms with van der Waals surface area (Å²) >= 11 is 5.84. The predicted octanol–water partition coefficient (Wildman–Crippen LogP) is 1.58. The van der Waals surface area contributed by atoms with Gasteiger partial charge in [-0.15, -0.1) is 0 Å². The van der Waals surface area contributed by atoms with Gasteiger partial charge in [-0.3, -0.25) is 4.79 Å². The fourth-order valence-electron chi connectivity index (χ4n) is 2.26. The maximum absolute atomic E-state index is 11.7. The minimum atomic E-state index is -2.90. The number of ether oxygens (including phenoxy) is 1. The van der Waals surface area contributed by atoms with Crippen molar-refractivity contribution in [3.8, 4) is 5.75 Å². The van der Waals surface area contributed by atoms with Gasteiger partial charge in [-0.25, -0.2) is 8.42 Å². The van der Waals surface area contributed by atoms with Crippen LogP contribution in [0.25, 0.3) is 0 Å². The van der Waals surface area contributed by atoms with E-state index in [0.29, 0.717) is 23.7 Å². The van der Waals surface area contributed by atoms with Crippen molar-refractivity contribution >= 4 is 27.3 Å². The lowest BCUT2D eigenvalue weighted by Gasteiger charge is -2.11. The summed E-state index contributed by atoms with van der Waals surface area (Å²) in [7, 11) is -2.90. The third-order valence-corrected chi connectivity index (χ3v) is 5.48. The summed E-state index contributed by atoms with van der Waals surface area (Å²) in [6, 6.07) is 5.18. The number of halogens is 1. The SMILES string of the molecule is Cc1cc(Cl)ccc1OCC(=O)NCC1CCS(=O)(=O)C1. The molecule has 0 radical (unpaired) electrons. The van der Waals surface area contributed by atoms with Gasteiger partial charge in [-0.1, -0.05) is 11.6 Å². The molecule has 116 valence electrons. The second-order valence-electron chi connectivity index (χ2n) is 5.27. The summed E-state index contributed by atoms with van der Waals surface area (Å²) in [5, 5.41) is 3.33. The Morgan fingerprint density at radius 2 is 2.24 bits per heavy atom. The van der Waals surface area contributed by atoms with E-state index in [0.717, 1.165) is 5.56 Å². The number of hydrogen-bond acceptors (Lipinski definition) is 4. The molecule has 1 amide bonds. The molecule has 1 aliphatic rings. The van der Waals surface area contributed by atoms with Crippen LogP contribution in [0.1, 0.15) is 12.0 Å². The third-order valence-electron chi connectivity index (χ3n) is 3.41. The summed E-state index contributed by atoms with van der Waals surface area (Å²) in [6.07, 6.45) is 0.611. The molecule has 5 nitrogen and oxygen atoms in total. The highest BCUT2D eigenvalue weighted by Crippen LogP contribution is 2.21. The molecule has 1 N–H and O–H groups in total. The van der Waals surface area contributed by atoms with Gasteiger partial charge in [0.2, 0.25) is 0 Å². The van der Waals surface area contributed by atoms with Crippen molar-refractivity contribution in [3.63, 3.8) is 0 Å². The van der Waals surface area contributed by atoms with Crippen LogP contribution in [0.3, 0.4) is 0 Å². The van der Waals surface area contributed by atoms with E-state index < -0.39 is 9.84 Å². The molecular formula is C14H18ClNO4S. The van der Waals surface area contributed by atoms with Gasteiger partial charge in [-0.2, -0.15) is 0 Å². The van der Waals surface area contributed by atoms with Gasteiger partial charge in [0.15, 0.2) is 16.4 Å². The maximum Gasteiger partial charge on any atom is 0.257 e. The molecule has 0 spiro atoms. The fourth-order valence-corrected chi connectivity index (χ4v) is 4.35. The third kappa shape index (κ3) is 4.89. The minimum absolute atomic E-state index is 0.0104. The summed E-state index contributed by atoms with van der Waals surface area (Å²) < 4.78 is 28.0. The van der Waals surface area contributed by atoms with E-state index in [2.05, 4.69) is 5.32 Å². The molecule has 0 bridgehead atoms. The average molecular weight is 332 g/mol. The number of carbonyl (C=O) groups is 1. The van der Waals surface area contributed by atoms with E-state index >= 15 is 0 Å². The number of amides is 1. The highest BCUT2D eigenvalue weighted by atomic mass is 35.5. The Balaban J connectivity index is 1.75. The highest BCUT2D eigenvalue weighted by Gasteiger charge is 2.27. The van der Waals surface area contributed by atoms with Gasteiger partial charge in [0.05, 0.1) is 11.5 Å². The van der Waals surface area contributed by atoms with E-state index in [-0.39, 0.29) is 29.9 Å². The van der Waals surface area contributed by atoms with Crippen LogP contribution in [0.4, 0.5) is 0 Å². The Morgan fingerprint density at radius 1 is 1.48 bits per heavy atom. The Kier molecular flexibility index (Phi) is 5.11. The molecule has 1 atom stereocenters. The van der Waals surface area contributed by atoms with Gasteiger partial charge in [0.1, 0.15) is 5.75 Å². The van der Waals surface area contributed by atoms with Crippen LogP contribution in [-0.2, 0) is 14.6 Å². The Hall–Kier alpha value is -1.27. The van der Waals surface area contributed by atoms with Crippen molar-refractivity contribution in [2.75, 3.05) is 24.7 Å². The lowest BCUT2D eigenvalue weighted by Crippen LogP contribution is -2.33. The first-order valence-electron chi connectivity index (χ1n) is 6.72. The van der Waals surface area contributed by atoms with Crippen LogP contribution >= 0.6 is 11.6 Å². The van der Waals surface area contributed by atoms with E-state index in [4.69, 9.17) is 16.3 Å². The first-order chi connectivity index (χ1) is 9.85. The van der Waals surface area contributed by atoms with E-state index in [1.165, 1.54) is 0 Å². The van der Waals surface area contributed by atoms with E-state index in [1.54, 1.807) is 18.2 Å². The largest absolute Gasteiger partial charge is 0.484 e. The molecule has 1 saturated heterocycles. The minimum Gasteiger partial charge on any atom is -0.484 e. The number of benzene rings is 1. The zero-order valence-corrected chi connectivity index (χ0v) is 13.3. The zero-order valence-electron chi connectivity index (χ0n) is 11.8. The first kappa shape index (κ1) is 16.1. The summed E-state index contributed by atoms with van der Waals surface area (Å²) in [5.74, 6) is 0.737. The quantitative estimate of drug-likeness (QED) is 0.889. The van der Waals surface area contributed by atoms with Crippen LogP contribution in [0.15, 0.2) is 18.2 Å². The standard InChI is InChI=1S/C14H18ClNO4S/c1-10-6-12(15)2-3-13(10)20-8-14(17)16-7-11-4-5-21(18,19)9-11/h2-3,6,11H,4-5,7-9H2,1H3,(H,16,17). The molecule has 1 heterocycles. The number of carbonyl (C=O) groups excluding carboxylic acids is 1. The fraction of sp³-hybridized carbons (Fsp3) is 0.500. The molecular weight excluding hydrogens is 314 g/mol. The van der Waals surface area contributed by atoms with E-state index in [9.17, 15) is 13.2 Å². The predicted molar refractivity (Wildman–Crippen MR) is 81.5 cm³/mol. The Bertz CT molecular complexity index is 630. The lowest BCUT2D eigenvalue weighted by atomic mass is 10.1. The van der Waals surface area contributed by atoms with Gasteiger partial charge in [-0.05, 0) is 43.0 Å². The lowest BCUT2D eigenvalue weighted by molar-refractivity contribution is -0.123. The second-order valence-corrected chi connectivity index (χ2v) is 7.94. The normalized spacial score (nSPS) is 20.2. The van der Waals surface area contributed by atoms with Crippen LogP contribution in [0.2, 0.25) is 5.02 Å². The highest BCUT2D eigenvalue weighted by molar-refractivity contribution is 7.91. The Labute approximate surface area is 129 Å². The molecule has 0 saturated carbocycles. The molecule has 0 aromatic heterocycles. The topological polar surface area (TPSA) is 72.5 Å². The molecule has 2 rings (SSSR count). The number of nitrogens with one attached hydrogen (secondary N) is 1. The average Bonchev–Trinajstić information content (AvgIpc) is 2.75.